The SMILES string of the molecule is Cc1[nH]c2ccccc2c1C(=O)C(C#N)=Cc1ccc(OCC(=O)O)cc1. The molecular formula is C21H16N2O4. The van der Waals surface area contributed by atoms with Crippen molar-refractivity contribution in [3.05, 3.63) is 70.9 Å². The molecule has 134 valence electrons. The molecule has 0 aliphatic heterocycles. The molecule has 0 aliphatic carbocycles. The molecule has 6 nitrogen and oxygen atoms in total. The lowest BCUT2D eigenvalue weighted by atomic mass is 9.99. The van der Waals surface area contributed by atoms with E-state index in [4.69, 9.17) is 9.84 Å². The molecule has 0 aliphatic rings. The first-order chi connectivity index (χ1) is 13.0. The molecule has 1 heterocycles. The zero-order chi connectivity index (χ0) is 19.4. The van der Waals surface area contributed by atoms with Gasteiger partial charge in [-0.15, -0.1) is 0 Å². The van der Waals surface area contributed by atoms with Gasteiger partial charge in [-0.25, -0.2) is 4.79 Å². The van der Waals surface area contributed by atoms with E-state index in [0.29, 0.717) is 22.6 Å². The number of nitrogens with one attached hydrogen (secondary N) is 1. The van der Waals surface area contributed by atoms with Gasteiger partial charge >= 0.3 is 5.97 Å². The number of hydrogen-bond acceptors (Lipinski definition) is 4. The Balaban J connectivity index is 1.90. The van der Waals surface area contributed by atoms with E-state index >= 15 is 0 Å². The number of carboxylic acids is 1. The first-order valence-electron chi connectivity index (χ1n) is 8.18. The first kappa shape index (κ1) is 18.0. The van der Waals surface area contributed by atoms with Crippen LogP contribution in [0.5, 0.6) is 5.75 Å². The maximum atomic E-state index is 12.9. The lowest BCUT2D eigenvalue weighted by Crippen LogP contribution is -2.09. The van der Waals surface area contributed by atoms with Gasteiger partial charge < -0.3 is 14.8 Å². The topological polar surface area (TPSA) is 103 Å². The molecule has 0 atom stereocenters. The number of carbonyl (C=O) groups is 2. The fourth-order valence-corrected chi connectivity index (χ4v) is 2.82. The number of aliphatic carboxylic acids is 1. The summed E-state index contributed by atoms with van der Waals surface area (Å²) in [6.45, 7) is 1.37. The third-order valence-corrected chi connectivity index (χ3v) is 4.04. The minimum atomic E-state index is -1.06. The molecule has 0 unspecified atom stereocenters. The standard InChI is InChI=1S/C21H16N2O4/c1-13-20(17-4-2-3-5-18(17)23-13)21(26)15(11-22)10-14-6-8-16(9-7-14)27-12-19(24)25/h2-10,23H,12H2,1H3,(H,24,25). The van der Waals surface area contributed by atoms with Crippen LogP contribution in [0.2, 0.25) is 0 Å². The summed E-state index contributed by atoms with van der Waals surface area (Å²) in [7, 11) is 0. The van der Waals surface area contributed by atoms with Crippen molar-refractivity contribution < 1.29 is 19.4 Å². The van der Waals surface area contributed by atoms with Gasteiger partial charge in [0, 0.05) is 16.6 Å². The number of fused-ring (bicyclic) bond motifs is 1. The number of para-hydroxylation sites is 1. The summed E-state index contributed by atoms with van der Waals surface area (Å²) < 4.78 is 5.07. The van der Waals surface area contributed by atoms with E-state index in [-0.39, 0.29) is 11.4 Å². The van der Waals surface area contributed by atoms with Crippen LogP contribution in [0.25, 0.3) is 17.0 Å². The minimum Gasteiger partial charge on any atom is -0.482 e. The van der Waals surface area contributed by atoms with E-state index in [1.165, 1.54) is 6.08 Å². The van der Waals surface area contributed by atoms with Gasteiger partial charge in [-0.05, 0) is 36.8 Å². The number of allylic oxidation sites excluding steroid dienone is 1. The molecule has 0 bridgehead atoms. The third kappa shape index (κ3) is 3.88. The smallest absolute Gasteiger partial charge is 0.341 e. The van der Waals surface area contributed by atoms with Crippen LogP contribution in [-0.4, -0.2) is 28.4 Å². The molecule has 0 spiro atoms. The van der Waals surface area contributed by atoms with E-state index in [1.54, 1.807) is 31.2 Å². The van der Waals surface area contributed by atoms with Crippen LogP contribution < -0.4 is 4.74 Å². The first-order valence-corrected chi connectivity index (χ1v) is 8.18. The number of benzene rings is 2. The van der Waals surface area contributed by atoms with Crippen LogP contribution in [0.15, 0.2) is 54.1 Å². The molecule has 0 saturated heterocycles. The Morgan fingerprint density at radius 1 is 1.19 bits per heavy atom. The second-order valence-electron chi connectivity index (χ2n) is 5.92. The number of Topliss-reactive ketones (excluding diaryl/α,β-unsaturated/α-hetero) is 1. The highest BCUT2D eigenvalue weighted by atomic mass is 16.5. The average Bonchev–Trinajstić information content (AvgIpc) is 3.00. The molecule has 2 N–H and O–H groups in total. The lowest BCUT2D eigenvalue weighted by molar-refractivity contribution is -0.139. The number of ketones is 1. The van der Waals surface area contributed by atoms with E-state index in [9.17, 15) is 14.9 Å². The van der Waals surface area contributed by atoms with Gasteiger partial charge in [-0.3, -0.25) is 4.79 Å². The Bertz CT molecular complexity index is 1090. The third-order valence-electron chi connectivity index (χ3n) is 4.04. The number of H-pyrrole nitrogens is 1. The Labute approximate surface area is 155 Å². The lowest BCUT2D eigenvalue weighted by Gasteiger charge is -2.04. The minimum absolute atomic E-state index is 0.0158. The summed E-state index contributed by atoms with van der Waals surface area (Å²) in [6, 6.07) is 15.9. The van der Waals surface area contributed by atoms with Crippen molar-refractivity contribution in [2.75, 3.05) is 6.61 Å². The van der Waals surface area contributed by atoms with Gasteiger partial charge in [0.25, 0.3) is 0 Å². The number of nitrogens with zero attached hydrogens (tertiary/aromatic N) is 1. The Kier molecular flexibility index (Phi) is 5.04. The highest BCUT2D eigenvalue weighted by Gasteiger charge is 2.19. The molecule has 27 heavy (non-hydrogen) atoms. The normalized spacial score (nSPS) is 11.2. The Morgan fingerprint density at radius 3 is 2.56 bits per heavy atom. The second kappa shape index (κ2) is 7.58. The van der Waals surface area contributed by atoms with Crippen molar-refractivity contribution in [1.82, 2.24) is 4.98 Å². The van der Waals surface area contributed by atoms with Crippen molar-refractivity contribution in [3.8, 4) is 11.8 Å². The van der Waals surface area contributed by atoms with Crippen LogP contribution in [0.1, 0.15) is 21.6 Å². The van der Waals surface area contributed by atoms with Crippen molar-refractivity contribution in [2.24, 2.45) is 0 Å². The summed E-state index contributed by atoms with van der Waals surface area (Å²) in [6.07, 6.45) is 1.50. The molecule has 6 heteroatoms. The van der Waals surface area contributed by atoms with Crippen LogP contribution in [0.3, 0.4) is 0 Å². The van der Waals surface area contributed by atoms with Crippen LogP contribution in [0, 0.1) is 18.3 Å². The van der Waals surface area contributed by atoms with E-state index in [2.05, 4.69) is 4.98 Å². The summed E-state index contributed by atoms with van der Waals surface area (Å²) in [5, 5.41) is 18.9. The number of aromatic nitrogens is 1. The van der Waals surface area contributed by atoms with Crippen LogP contribution in [0.4, 0.5) is 0 Å². The monoisotopic (exact) mass is 360 g/mol. The largest absolute Gasteiger partial charge is 0.482 e. The van der Waals surface area contributed by atoms with Gasteiger partial charge in [0.1, 0.15) is 17.4 Å². The zero-order valence-electron chi connectivity index (χ0n) is 14.5. The summed E-state index contributed by atoms with van der Waals surface area (Å²) in [4.78, 5) is 26.6. The number of nitriles is 1. The summed E-state index contributed by atoms with van der Waals surface area (Å²) >= 11 is 0. The van der Waals surface area contributed by atoms with Crippen molar-refractivity contribution in [2.45, 2.75) is 6.92 Å². The van der Waals surface area contributed by atoms with Gasteiger partial charge in [0.2, 0.25) is 5.78 Å². The number of carboxylic acid groups (broad SMARTS) is 1. The maximum Gasteiger partial charge on any atom is 0.341 e. The van der Waals surface area contributed by atoms with E-state index < -0.39 is 12.6 Å². The highest BCUT2D eigenvalue weighted by Crippen LogP contribution is 2.25. The van der Waals surface area contributed by atoms with Crippen LogP contribution in [-0.2, 0) is 4.79 Å². The number of carbonyl (C=O) groups excluding carboxylic acids is 1. The Hall–Kier alpha value is -3.85. The van der Waals surface area contributed by atoms with Crippen LogP contribution >= 0.6 is 0 Å². The molecule has 3 aromatic rings. The van der Waals surface area contributed by atoms with E-state index in [1.807, 2.05) is 30.3 Å². The number of ether oxygens (including phenoxy) is 1. The number of rotatable bonds is 6. The fourth-order valence-electron chi connectivity index (χ4n) is 2.82. The zero-order valence-corrected chi connectivity index (χ0v) is 14.5. The highest BCUT2D eigenvalue weighted by molar-refractivity contribution is 6.20. The van der Waals surface area contributed by atoms with E-state index in [0.717, 1.165) is 10.9 Å². The molecule has 0 saturated carbocycles. The van der Waals surface area contributed by atoms with Crippen molar-refractivity contribution in [3.63, 3.8) is 0 Å². The van der Waals surface area contributed by atoms with Crippen molar-refractivity contribution in [1.29, 1.82) is 5.26 Å². The molecule has 2 aromatic carbocycles. The maximum absolute atomic E-state index is 12.9. The number of aromatic amines is 1. The molecule has 1 aromatic heterocycles. The quantitative estimate of drug-likeness (QED) is 0.396. The number of hydrogen-bond donors (Lipinski definition) is 2. The molecule has 0 amide bonds. The molecule has 3 rings (SSSR count). The molecule has 0 radical (unpaired) electrons. The van der Waals surface area contributed by atoms with Gasteiger partial charge in [0.05, 0.1) is 5.56 Å². The predicted molar refractivity (Wildman–Crippen MR) is 101 cm³/mol. The summed E-state index contributed by atoms with van der Waals surface area (Å²) in [5.74, 6) is -1.02. The van der Waals surface area contributed by atoms with Crippen molar-refractivity contribution >= 4 is 28.7 Å². The fraction of sp³-hybridized carbons (Fsp3) is 0.0952. The van der Waals surface area contributed by atoms with Gasteiger partial charge in [-0.2, -0.15) is 5.26 Å². The predicted octanol–water partition coefficient (Wildman–Crippen LogP) is 3.73. The molecular weight excluding hydrogens is 344 g/mol. The molecule has 0 fully saturated rings. The Morgan fingerprint density at radius 2 is 1.89 bits per heavy atom. The number of aryl methyl sites for hydroxylation is 1. The summed E-state index contributed by atoms with van der Waals surface area (Å²) in [5.41, 5.74) is 2.69. The van der Waals surface area contributed by atoms with Gasteiger partial charge in [0.15, 0.2) is 6.61 Å². The average molecular weight is 360 g/mol. The second-order valence-corrected chi connectivity index (χ2v) is 5.92. The van der Waals surface area contributed by atoms with Gasteiger partial charge in [-0.1, -0.05) is 30.3 Å².